The van der Waals surface area contributed by atoms with Gasteiger partial charge in [0.05, 0.1) is 22.1 Å². The number of anilines is 1. The first kappa shape index (κ1) is 24.1. The first-order valence-corrected chi connectivity index (χ1v) is 11.5. The summed E-state index contributed by atoms with van der Waals surface area (Å²) in [7, 11) is 0. The number of benzene rings is 1. The average Bonchev–Trinajstić information content (AvgIpc) is 2.87. The Morgan fingerprint density at radius 3 is 2.78 bits per heavy atom. The van der Waals surface area contributed by atoms with Crippen LogP contribution in [0.4, 0.5) is 10.7 Å². The van der Waals surface area contributed by atoms with E-state index in [1.807, 2.05) is 52.0 Å². The molecule has 1 aromatic carbocycles. The number of halogens is 1. The molecule has 1 aliphatic rings. The van der Waals surface area contributed by atoms with E-state index in [2.05, 4.69) is 9.88 Å². The van der Waals surface area contributed by atoms with Crippen LogP contribution in [0, 0.1) is 5.41 Å². The number of hydrogen-bond donors (Lipinski definition) is 2. The predicted octanol–water partition coefficient (Wildman–Crippen LogP) is 6.05. The van der Waals surface area contributed by atoms with E-state index in [9.17, 15) is 4.79 Å². The number of ether oxygens (including phenoxy) is 1. The van der Waals surface area contributed by atoms with Gasteiger partial charge in [-0.25, -0.2) is 9.78 Å². The summed E-state index contributed by atoms with van der Waals surface area (Å²) >= 11 is 6.62. The number of carbonyl (C=O) groups is 1. The molecule has 0 radical (unpaired) electrons. The first-order valence-electron chi connectivity index (χ1n) is 11.2. The molecule has 0 aliphatic carbocycles. The van der Waals surface area contributed by atoms with Crippen LogP contribution in [0.25, 0.3) is 11.0 Å². The van der Waals surface area contributed by atoms with E-state index >= 15 is 0 Å². The number of fused-ring (bicyclic) bond motifs is 1. The molecule has 2 heterocycles. The third-order valence-electron chi connectivity index (χ3n) is 5.31. The highest BCUT2D eigenvalue weighted by atomic mass is 35.5. The number of allylic oxidation sites excluding steroid dienone is 1. The van der Waals surface area contributed by atoms with Crippen molar-refractivity contribution in [1.29, 1.82) is 5.41 Å². The minimum Gasteiger partial charge on any atom is -0.444 e. The molecule has 3 rings (SSSR count). The van der Waals surface area contributed by atoms with E-state index in [0.717, 1.165) is 41.8 Å². The highest BCUT2D eigenvalue weighted by molar-refractivity contribution is 6.35. The van der Waals surface area contributed by atoms with Crippen molar-refractivity contribution < 1.29 is 9.53 Å². The van der Waals surface area contributed by atoms with Gasteiger partial charge in [0.25, 0.3) is 0 Å². The van der Waals surface area contributed by atoms with Crippen molar-refractivity contribution in [1.82, 2.24) is 14.5 Å². The Hall–Kier alpha value is -2.54. The molecule has 0 saturated carbocycles. The van der Waals surface area contributed by atoms with Crippen molar-refractivity contribution in [2.24, 2.45) is 0 Å². The molecule has 1 unspecified atom stereocenters. The topological polar surface area (TPSA) is 83.2 Å². The van der Waals surface area contributed by atoms with E-state index in [1.54, 1.807) is 11.8 Å². The fourth-order valence-corrected chi connectivity index (χ4v) is 4.31. The second kappa shape index (κ2) is 9.94. The number of hydrogen-bond acceptors (Lipinski definition) is 5. The molecule has 1 aliphatic heterocycles. The normalized spacial score (nSPS) is 17.9. The van der Waals surface area contributed by atoms with Crippen molar-refractivity contribution in [2.75, 3.05) is 25.0 Å². The Morgan fingerprint density at radius 2 is 2.09 bits per heavy atom. The lowest BCUT2D eigenvalue weighted by Gasteiger charge is -2.29. The standard InChI is InChI=1S/C24H34ClN5O2/c1-16(13-17(2)26)14-27-22-28-20-11-8-10-19(25)21(20)30(22)18-9-6-7-12-29(15-18)23(31)32-24(3,4)5/h8,10-11,13,18,26H,6-7,9,12,14-15H2,1-5H3,(H,27,28)/b16-13+,26-17?. The molecule has 1 atom stereocenters. The third-order valence-corrected chi connectivity index (χ3v) is 5.62. The zero-order valence-electron chi connectivity index (χ0n) is 19.7. The Labute approximate surface area is 195 Å². The molecule has 32 heavy (non-hydrogen) atoms. The Morgan fingerprint density at radius 1 is 1.34 bits per heavy atom. The summed E-state index contributed by atoms with van der Waals surface area (Å²) in [4.78, 5) is 19.4. The number of carbonyl (C=O) groups excluding carboxylic acids is 1. The molecule has 2 aromatic rings. The minimum atomic E-state index is -0.534. The van der Waals surface area contributed by atoms with Crippen LogP contribution in [0.2, 0.25) is 5.02 Å². The smallest absolute Gasteiger partial charge is 0.410 e. The van der Waals surface area contributed by atoms with Gasteiger partial charge in [-0.3, -0.25) is 0 Å². The molecular formula is C24H34ClN5O2. The summed E-state index contributed by atoms with van der Waals surface area (Å²) in [6, 6.07) is 5.74. The molecule has 1 aromatic heterocycles. The lowest BCUT2D eigenvalue weighted by Crippen LogP contribution is -2.39. The van der Waals surface area contributed by atoms with Crippen LogP contribution in [0.15, 0.2) is 29.8 Å². The molecule has 7 nitrogen and oxygen atoms in total. The van der Waals surface area contributed by atoms with Gasteiger partial charge in [-0.1, -0.05) is 23.2 Å². The highest BCUT2D eigenvalue weighted by Crippen LogP contribution is 2.34. The van der Waals surface area contributed by atoms with E-state index in [1.165, 1.54) is 0 Å². The minimum absolute atomic E-state index is 0.0196. The van der Waals surface area contributed by atoms with Crippen LogP contribution in [0.1, 0.15) is 59.9 Å². The molecule has 0 bridgehead atoms. The summed E-state index contributed by atoms with van der Waals surface area (Å²) in [6.45, 7) is 11.2. The van der Waals surface area contributed by atoms with E-state index in [-0.39, 0.29) is 12.1 Å². The van der Waals surface area contributed by atoms with Crippen LogP contribution in [0.3, 0.4) is 0 Å². The summed E-state index contributed by atoms with van der Waals surface area (Å²) in [5.74, 6) is 0.722. The van der Waals surface area contributed by atoms with Gasteiger partial charge in [-0.2, -0.15) is 0 Å². The molecule has 8 heteroatoms. The summed E-state index contributed by atoms with van der Waals surface area (Å²) < 4.78 is 7.79. The number of nitrogens with zero attached hydrogens (tertiary/aromatic N) is 3. The molecule has 1 amide bonds. The monoisotopic (exact) mass is 459 g/mol. The number of amides is 1. The maximum atomic E-state index is 12.8. The molecule has 174 valence electrons. The Bertz CT molecular complexity index is 1020. The fraction of sp³-hybridized carbons (Fsp3) is 0.542. The van der Waals surface area contributed by atoms with Crippen LogP contribution < -0.4 is 5.32 Å². The van der Waals surface area contributed by atoms with Crippen molar-refractivity contribution in [3.8, 4) is 0 Å². The van der Waals surface area contributed by atoms with Crippen molar-refractivity contribution in [2.45, 2.75) is 65.5 Å². The van der Waals surface area contributed by atoms with E-state index in [4.69, 9.17) is 26.7 Å². The molecule has 0 spiro atoms. The first-order chi connectivity index (χ1) is 15.0. The van der Waals surface area contributed by atoms with Gasteiger partial charge in [-0.15, -0.1) is 0 Å². The number of likely N-dealkylation sites (tertiary alicyclic amines) is 1. The SMILES string of the molecule is CC(=N)/C=C(\C)CNc1nc2cccc(Cl)c2n1C1CCCCN(C(=O)OC(C)(C)C)C1. The number of nitrogens with one attached hydrogen (secondary N) is 2. The van der Waals surface area contributed by atoms with Gasteiger partial charge in [0.2, 0.25) is 5.95 Å². The highest BCUT2D eigenvalue weighted by Gasteiger charge is 2.29. The summed E-state index contributed by atoms with van der Waals surface area (Å²) in [5.41, 5.74) is 2.71. The second-order valence-electron chi connectivity index (χ2n) is 9.52. The summed E-state index contributed by atoms with van der Waals surface area (Å²) in [5, 5.41) is 11.7. The van der Waals surface area contributed by atoms with Gasteiger partial charge < -0.3 is 24.9 Å². The van der Waals surface area contributed by atoms with Crippen LogP contribution >= 0.6 is 11.6 Å². The predicted molar refractivity (Wildman–Crippen MR) is 131 cm³/mol. The van der Waals surface area contributed by atoms with Crippen molar-refractivity contribution in [3.05, 3.63) is 34.9 Å². The molecular weight excluding hydrogens is 426 g/mol. The zero-order chi connectivity index (χ0) is 23.5. The maximum absolute atomic E-state index is 12.8. The molecule has 2 N–H and O–H groups in total. The van der Waals surface area contributed by atoms with Crippen molar-refractivity contribution >= 4 is 40.4 Å². The quantitative estimate of drug-likeness (QED) is 0.533. The largest absolute Gasteiger partial charge is 0.444 e. The summed E-state index contributed by atoms with van der Waals surface area (Å²) in [6.07, 6.45) is 4.40. The molecule has 1 saturated heterocycles. The van der Waals surface area contributed by atoms with E-state index in [0.29, 0.717) is 30.4 Å². The van der Waals surface area contributed by atoms with Gasteiger partial charge in [0.15, 0.2) is 0 Å². The van der Waals surface area contributed by atoms with Crippen molar-refractivity contribution in [3.63, 3.8) is 0 Å². The zero-order valence-corrected chi connectivity index (χ0v) is 20.4. The van der Waals surface area contributed by atoms with Gasteiger partial charge >= 0.3 is 6.09 Å². The third kappa shape index (κ3) is 6.03. The number of para-hydroxylation sites is 1. The lowest BCUT2D eigenvalue weighted by molar-refractivity contribution is 0.0238. The van der Waals surface area contributed by atoms with E-state index < -0.39 is 5.60 Å². The lowest BCUT2D eigenvalue weighted by atomic mass is 10.1. The number of aromatic nitrogens is 2. The number of rotatable bonds is 5. The Balaban J connectivity index is 1.96. The molecule has 1 fully saturated rings. The van der Waals surface area contributed by atoms with Crippen LogP contribution in [-0.4, -0.2) is 51.5 Å². The van der Waals surface area contributed by atoms with Gasteiger partial charge in [-0.05, 0) is 72.1 Å². The van der Waals surface area contributed by atoms with Gasteiger partial charge in [0.1, 0.15) is 5.60 Å². The maximum Gasteiger partial charge on any atom is 0.410 e. The fourth-order valence-electron chi connectivity index (χ4n) is 4.05. The second-order valence-corrected chi connectivity index (χ2v) is 9.92. The van der Waals surface area contributed by atoms with Gasteiger partial charge in [0, 0.05) is 25.3 Å². The van der Waals surface area contributed by atoms with Crippen LogP contribution in [-0.2, 0) is 4.74 Å². The Kier molecular flexibility index (Phi) is 7.49. The average molecular weight is 460 g/mol. The number of imidazole rings is 1. The van der Waals surface area contributed by atoms with Crippen LogP contribution in [0.5, 0.6) is 0 Å².